The summed E-state index contributed by atoms with van der Waals surface area (Å²) >= 11 is 0. The SMILES string of the molecule is CCCCCCCCCCCCCCCC(=O)C(N)(CCCCN)C(=O)O. The molecule has 0 rings (SSSR count). The minimum absolute atomic E-state index is 0.177. The van der Waals surface area contributed by atoms with Gasteiger partial charge < -0.3 is 16.6 Å². The Hall–Kier alpha value is -0.940. The highest BCUT2D eigenvalue weighted by molar-refractivity contribution is 6.07. The average Bonchev–Trinajstić information content (AvgIpc) is 2.65. The van der Waals surface area contributed by atoms with Gasteiger partial charge in [-0.3, -0.25) is 4.79 Å². The molecular formula is C22H44N2O3. The van der Waals surface area contributed by atoms with Crippen molar-refractivity contribution in [2.75, 3.05) is 6.54 Å². The number of carbonyl (C=O) groups excluding carboxylic acids is 1. The second-order valence-electron chi connectivity index (χ2n) is 7.94. The number of unbranched alkanes of at least 4 members (excludes halogenated alkanes) is 13. The van der Waals surface area contributed by atoms with Crippen LogP contribution in [0.2, 0.25) is 0 Å². The Morgan fingerprint density at radius 1 is 0.741 bits per heavy atom. The molecule has 0 aliphatic rings. The third-order valence-corrected chi connectivity index (χ3v) is 5.41. The molecule has 1 atom stereocenters. The number of ketones is 1. The average molecular weight is 385 g/mol. The Labute approximate surface area is 166 Å². The maximum atomic E-state index is 12.3. The summed E-state index contributed by atoms with van der Waals surface area (Å²) < 4.78 is 0. The van der Waals surface area contributed by atoms with Crippen LogP contribution in [0.1, 0.15) is 116 Å². The predicted molar refractivity (Wildman–Crippen MR) is 113 cm³/mol. The highest BCUT2D eigenvalue weighted by Crippen LogP contribution is 2.18. The minimum atomic E-state index is -1.73. The van der Waals surface area contributed by atoms with E-state index in [0.717, 1.165) is 19.3 Å². The molecule has 0 aliphatic carbocycles. The summed E-state index contributed by atoms with van der Waals surface area (Å²) in [5.41, 5.74) is 9.58. The lowest BCUT2D eigenvalue weighted by atomic mass is 9.86. The summed E-state index contributed by atoms with van der Waals surface area (Å²) in [4.78, 5) is 23.7. The predicted octanol–water partition coefficient (Wildman–Crippen LogP) is 4.95. The van der Waals surface area contributed by atoms with Gasteiger partial charge in [0, 0.05) is 6.42 Å². The van der Waals surface area contributed by atoms with E-state index >= 15 is 0 Å². The van der Waals surface area contributed by atoms with Gasteiger partial charge in [0.25, 0.3) is 0 Å². The molecule has 27 heavy (non-hydrogen) atoms. The van der Waals surface area contributed by atoms with Crippen LogP contribution >= 0.6 is 0 Å². The molecule has 0 saturated heterocycles. The molecular weight excluding hydrogens is 340 g/mol. The van der Waals surface area contributed by atoms with Crippen molar-refractivity contribution in [1.29, 1.82) is 0 Å². The molecule has 5 heteroatoms. The molecule has 0 amide bonds. The lowest BCUT2D eigenvalue weighted by molar-refractivity contribution is -0.148. The van der Waals surface area contributed by atoms with Crippen molar-refractivity contribution in [3.05, 3.63) is 0 Å². The molecule has 0 spiro atoms. The molecule has 0 heterocycles. The van der Waals surface area contributed by atoms with E-state index < -0.39 is 11.5 Å². The Morgan fingerprint density at radius 2 is 1.19 bits per heavy atom. The van der Waals surface area contributed by atoms with Gasteiger partial charge in [0.1, 0.15) is 0 Å². The van der Waals surface area contributed by atoms with Crippen LogP contribution in [0.15, 0.2) is 0 Å². The maximum absolute atomic E-state index is 12.3. The Balaban J connectivity index is 3.67. The zero-order valence-electron chi connectivity index (χ0n) is 17.6. The van der Waals surface area contributed by atoms with Gasteiger partial charge in [0.2, 0.25) is 0 Å². The van der Waals surface area contributed by atoms with E-state index in [1.807, 2.05) is 0 Å². The summed E-state index contributed by atoms with van der Waals surface area (Å²) in [6.45, 7) is 2.74. The van der Waals surface area contributed by atoms with E-state index in [9.17, 15) is 14.7 Å². The largest absolute Gasteiger partial charge is 0.480 e. The number of rotatable bonds is 20. The standard InChI is InChI=1S/C22H44N2O3/c1-2-3-4-5-6-7-8-9-10-11-12-13-14-17-20(25)22(24,21(26)27)18-15-16-19-23/h2-19,23-24H2,1H3,(H,26,27). The normalized spacial score (nSPS) is 13.4. The van der Waals surface area contributed by atoms with Crippen LogP contribution in [0, 0.1) is 0 Å². The van der Waals surface area contributed by atoms with Gasteiger partial charge in [-0.15, -0.1) is 0 Å². The van der Waals surface area contributed by atoms with Crippen molar-refractivity contribution in [3.8, 4) is 0 Å². The van der Waals surface area contributed by atoms with Crippen molar-refractivity contribution < 1.29 is 14.7 Å². The third kappa shape index (κ3) is 13.0. The summed E-state index contributed by atoms with van der Waals surface area (Å²) in [5, 5.41) is 9.33. The van der Waals surface area contributed by atoms with Crippen molar-refractivity contribution in [1.82, 2.24) is 0 Å². The van der Waals surface area contributed by atoms with Gasteiger partial charge in [0.05, 0.1) is 0 Å². The molecule has 0 fully saturated rings. The van der Waals surface area contributed by atoms with Crippen molar-refractivity contribution >= 4 is 11.8 Å². The highest BCUT2D eigenvalue weighted by Gasteiger charge is 2.40. The number of carbonyl (C=O) groups is 2. The third-order valence-electron chi connectivity index (χ3n) is 5.41. The number of hydrogen-bond acceptors (Lipinski definition) is 4. The topological polar surface area (TPSA) is 106 Å². The lowest BCUT2D eigenvalue weighted by Crippen LogP contribution is -2.54. The number of aliphatic carboxylic acids is 1. The monoisotopic (exact) mass is 384 g/mol. The fourth-order valence-corrected chi connectivity index (χ4v) is 3.44. The van der Waals surface area contributed by atoms with Crippen molar-refractivity contribution in [2.45, 2.75) is 122 Å². The summed E-state index contributed by atoms with van der Waals surface area (Å²) in [6, 6.07) is 0. The molecule has 5 nitrogen and oxygen atoms in total. The number of carboxylic acid groups (broad SMARTS) is 1. The summed E-state index contributed by atoms with van der Waals surface area (Å²) in [6.07, 6.45) is 17.8. The van der Waals surface area contributed by atoms with Gasteiger partial charge in [-0.05, 0) is 32.2 Å². The van der Waals surface area contributed by atoms with Gasteiger partial charge in [-0.25, -0.2) is 4.79 Å². The van der Waals surface area contributed by atoms with Crippen LogP contribution in [0.4, 0.5) is 0 Å². The summed E-state index contributed by atoms with van der Waals surface area (Å²) in [5.74, 6) is -1.55. The number of carboxylic acids is 1. The molecule has 0 radical (unpaired) electrons. The van der Waals surface area contributed by atoms with Gasteiger partial charge in [0.15, 0.2) is 11.3 Å². The minimum Gasteiger partial charge on any atom is -0.480 e. The molecule has 0 aromatic carbocycles. The van der Waals surface area contributed by atoms with Crippen LogP contribution in [-0.4, -0.2) is 28.9 Å². The van der Waals surface area contributed by atoms with Crippen LogP contribution < -0.4 is 11.5 Å². The second-order valence-corrected chi connectivity index (χ2v) is 7.94. The van der Waals surface area contributed by atoms with E-state index in [2.05, 4.69) is 6.92 Å². The first-order chi connectivity index (χ1) is 13.0. The first kappa shape index (κ1) is 26.1. The lowest BCUT2D eigenvalue weighted by Gasteiger charge is -2.23. The van der Waals surface area contributed by atoms with Gasteiger partial charge in [-0.2, -0.15) is 0 Å². The van der Waals surface area contributed by atoms with Gasteiger partial charge >= 0.3 is 5.97 Å². The van der Waals surface area contributed by atoms with Crippen molar-refractivity contribution in [3.63, 3.8) is 0 Å². The van der Waals surface area contributed by atoms with Crippen LogP contribution in [0.5, 0.6) is 0 Å². The van der Waals surface area contributed by atoms with E-state index in [4.69, 9.17) is 11.5 Å². The highest BCUT2D eigenvalue weighted by atomic mass is 16.4. The zero-order valence-corrected chi connectivity index (χ0v) is 17.6. The Morgan fingerprint density at radius 3 is 1.59 bits per heavy atom. The fourth-order valence-electron chi connectivity index (χ4n) is 3.44. The Kier molecular flexibility index (Phi) is 16.6. The van der Waals surface area contributed by atoms with Crippen LogP contribution in [0.3, 0.4) is 0 Å². The van der Waals surface area contributed by atoms with E-state index in [0.29, 0.717) is 19.4 Å². The molecule has 0 aromatic rings. The number of hydrogen-bond donors (Lipinski definition) is 3. The zero-order chi connectivity index (χ0) is 20.4. The number of nitrogens with two attached hydrogens (primary N) is 2. The first-order valence-corrected chi connectivity index (χ1v) is 11.2. The molecule has 160 valence electrons. The Bertz CT molecular complexity index is 388. The van der Waals surface area contributed by atoms with Gasteiger partial charge in [-0.1, -0.05) is 84.0 Å². The first-order valence-electron chi connectivity index (χ1n) is 11.2. The molecule has 1 unspecified atom stereocenters. The smallest absolute Gasteiger partial charge is 0.331 e. The second kappa shape index (κ2) is 17.2. The van der Waals surface area contributed by atoms with E-state index in [1.165, 1.54) is 64.2 Å². The summed E-state index contributed by atoms with van der Waals surface area (Å²) in [7, 11) is 0. The fraction of sp³-hybridized carbons (Fsp3) is 0.909. The van der Waals surface area contributed by atoms with Crippen LogP contribution in [0.25, 0.3) is 0 Å². The van der Waals surface area contributed by atoms with E-state index in [-0.39, 0.29) is 18.6 Å². The quantitative estimate of drug-likeness (QED) is 0.203. The van der Waals surface area contributed by atoms with Crippen LogP contribution in [-0.2, 0) is 9.59 Å². The maximum Gasteiger partial charge on any atom is 0.331 e. The molecule has 0 aliphatic heterocycles. The molecule has 0 saturated carbocycles. The van der Waals surface area contributed by atoms with Crippen molar-refractivity contribution in [2.24, 2.45) is 11.5 Å². The van der Waals surface area contributed by atoms with E-state index in [1.54, 1.807) is 0 Å². The molecule has 0 bridgehead atoms. The number of Topliss-reactive ketones (excluding diaryl/α,β-unsaturated/α-hetero) is 1. The molecule has 0 aromatic heterocycles. The molecule has 5 N–H and O–H groups in total.